The van der Waals surface area contributed by atoms with E-state index in [-0.39, 0.29) is 17.2 Å². The van der Waals surface area contributed by atoms with Gasteiger partial charge in [-0.2, -0.15) is 0 Å². The number of nitrogens with two attached hydrogens (primary N) is 1. The van der Waals surface area contributed by atoms with Crippen molar-refractivity contribution in [2.24, 2.45) is 0 Å². The van der Waals surface area contributed by atoms with Crippen molar-refractivity contribution in [3.05, 3.63) is 63.4 Å². The van der Waals surface area contributed by atoms with Gasteiger partial charge in [0.25, 0.3) is 5.91 Å². The summed E-state index contributed by atoms with van der Waals surface area (Å²) in [6.07, 6.45) is 0.558. The molecule has 0 aliphatic heterocycles. The highest BCUT2D eigenvalue weighted by Gasteiger charge is 2.10. The van der Waals surface area contributed by atoms with Gasteiger partial charge in [0.15, 0.2) is 0 Å². The molecule has 0 aromatic heterocycles. The second-order valence-corrected chi connectivity index (χ2v) is 5.32. The number of halogens is 3. The van der Waals surface area contributed by atoms with Crippen LogP contribution in [-0.2, 0) is 6.42 Å². The number of hydrogen-bond donors (Lipinski definition) is 2. The third kappa shape index (κ3) is 4.09. The van der Waals surface area contributed by atoms with E-state index in [4.69, 9.17) is 28.9 Å². The lowest BCUT2D eigenvalue weighted by Crippen LogP contribution is -2.26. The van der Waals surface area contributed by atoms with Crippen LogP contribution >= 0.6 is 23.2 Å². The number of benzene rings is 2. The first-order chi connectivity index (χ1) is 9.97. The minimum Gasteiger partial charge on any atom is -0.398 e. The molecule has 2 aromatic rings. The minimum atomic E-state index is -0.475. The summed E-state index contributed by atoms with van der Waals surface area (Å²) >= 11 is 11.9. The van der Waals surface area contributed by atoms with E-state index in [1.54, 1.807) is 12.1 Å². The van der Waals surface area contributed by atoms with Crippen molar-refractivity contribution in [1.82, 2.24) is 5.32 Å². The maximum Gasteiger partial charge on any atom is 0.253 e. The number of carbonyl (C=O) groups excluding carboxylic acids is 1. The molecule has 0 saturated carbocycles. The number of amides is 1. The first-order valence-corrected chi connectivity index (χ1v) is 7.00. The van der Waals surface area contributed by atoms with E-state index in [2.05, 4.69) is 5.32 Å². The average Bonchev–Trinajstić information content (AvgIpc) is 2.41. The lowest BCUT2D eigenvalue weighted by molar-refractivity contribution is 0.0955. The zero-order valence-corrected chi connectivity index (χ0v) is 12.5. The van der Waals surface area contributed by atoms with Crippen LogP contribution in [0.1, 0.15) is 15.9 Å². The van der Waals surface area contributed by atoms with Gasteiger partial charge in [-0.25, -0.2) is 4.39 Å². The molecule has 0 heterocycles. The normalized spacial score (nSPS) is 10.4. The summed E-state index contributed by atoms with van der Waals surface area (Å²) < 4.78 is 12.9. The van der Waals surface area contributed by atoms with Gasteiger partial charge in [-0.15, -0.1) is 0 Å². The largest absolute Gasteiger partial charge is 0.398 e. The zero-order chi connectivity index (χ0) is 15.4. The van der Waals surface area contributed by atoms with Gasteiger partial charge >= 0.3 is 0 Å². The predicted octanol–water partition coefficient (Wildman–Crippen LogP) is 3.69. The van der Waals surface area contributed by atoms with Crippen molar-refractivity contribution in [3.8, 4) is 0 Å². The molecule has 6 heteroatoms. The molecule has 21 heavy (non-hydrogen) atoms. The monoisotopic (exact) mass is 326 g/mol. The summed E-state index contributed by atoms with van der Waals surface area (Å²) in [6, 6.07) is 8.87. The van der Waals surface area contributed by atoms with Gasteiger partial charge in [0, 0.05) is 22.3 Å². The Balaban J connectivity index is 1.95. The Kier molecular flexibility index (Phi) is 5.04. The van der Waals surface area contributed by atoms with Crippen molar-refractivity contribution in [3.63, 3.8) is 0 Å². The Labute approximate surface area is 131 Å². The van der Waals surface area contributed by atoms with Crippen molar-refractivity contribution < 1.29 is 9.18 Å². The predicted molar refractivity (Wildman–Crippen MR) is 83.3 cm³/mol. The number of rotatable bonds is 4. The van der Waals surface area contributed by atoms with Crippen LogP contribution in [0.5, 0.6) is 0 Å². The van der Waals surface area contributed by atoms with Gasteiger partial charge in [0.05, 0.1) is 5.56 Å². The van der Waals surface area contributed by atoms with Gasteiger partial charge in [-0.1, -0.05) is 29.3 Å². The fraction of sp³-hybridized carbons (Fsp3) is 0.133. The van der Waals surface area contributed by atoms with E-state index in [0.717, 1.165) is 11.6 Å². The Morgan fingerprint density at radius 1 is 1.19 bits per heavy atom. The molecule has 3 nitrogen and oxygen atoms in total. The second kappa shape index (κ2) is 6.78. The van der Waals surface area contributed by atoms with E-state index in [9.17, 15) is 9.18 Å². The van der Waals surface area contributed by atoms with Crippen LogP contribution in [0, 0.1) is 5.82 Å². The molecule has 2 aromatic carbocycles. The van der Waals surface area contributed by atoms with E-state index >= 15 is 0 Å². The molecule has 0 fully saturated rings. The molecule has 1 amide bonds. The van der Waals surface area contributed by atoms with Crippen molar-refractivity contribution in [2.45, 2.75) is 6.42 Å². The van der Waals surface area contributed by atoms with Crippen molar-refractivity contribution in [1.29, 1.82) is 0 Å². The van der Waals surface area contributed by atoms with Crippen LogP contribution in [0.4, 0.5) is 10.1 Å². The van der Waals surface area contributed by atoms with Crippen LogP contribution in [0.15, 0.2) is 36.4 Å². The fourth-order valence-electron chi connectivity index (χ4n) is 1.87. The van der Waals surface area contributed by atoms with Crippen molar-refractivity contribution >= 4 is 34.8 Å². The molecule has 0 atom stereocenters. The maximum atomic E-state index is 12.9. The summed E-state index contributed by atoms with van der Waals surface area (Å²) in [5, 5.41) is 3.83. The van der Waals surface area contributed by atoms with Crippen LogP contribution in [0.25, 0.3) is 0 Å². The summed E-state index contributed by atoms with van der Waals surface area (Å²) in [5.74, 6) is -0.824. The molecule has 0 unspecified atom stereocenters. The number of nitrogen functional groups attached to an aromatic ring is 1. The third-order valence-corrected chi connectivity index (χ3v) is 3.54. The summed E-state index contributed by atoms with van der Waals surface area (Å²) in [4.78, 5) is 11.9. The maximum absolute atomic E-state index is 12.9. The van der Waals surface area contributed by atoms with Gasteiger partial charge in [0.1, 0.15) is 5.82 Å². The molecule has 0 aliphatic carbocycles. The number of hydrogen-bond acceptors (Lipinski definition) is 2. The van der Waals surface area contributed by atoms with E-state index in [1.165, 1.54) is 12.1 Å². The SMILES string of the molecule is Nc1cc(F)ccc1C(=O)NCCc1ccc(Cl)cc1Cl. The Morgan fingerprint density at radius 2 is 1.95 bits per heavy atom. The molecular weight excluding hydrogens is 314 g/mol. The molecule has 2 rings (SSSR count). The number of nitrogens with one attached hydrogen (secondary N) is 1. The summed E-state index contributed by atoms with van der Waals surface area (Å²) in [5.41, 5.74) is 6.85. The number of anilines is 1. The molecule has 0 aliphatic rings. The molecule has 0 radical (unpaired) electrons. The van der Waals surface area contributed by atoms with Crippen molar-refractivity contribution in [2.75, 3.05) is 12.3 Å². The molecule has 110 valence electrons. The average molecular weight is 327 g/mol. The molecular formula is C15H13Cl2FN2O. The first kappa shape index (κ1) is 15.6. The fourth-order valence-corrected chi connectivity index (χ4v) is 2.37. The third-order valence-electron chi connectivity index (χ3n) is 2.95. The minimum absolute atomic E-state index is 0.108. The van der Waals surface area contributed by atoms with E-state index < -0.39 is 5.82 Å². The van der Waals surface area contributed by atoms with Crippen LogP contribution in [0.3, 0.4) is 0 Å². The Hall–Kier alpha value is -1.78. The molecule has 3 N–H and O–H groups in total. The standard InChI is InChI=1S/C15H13Cl2FN2O/c16-10-2-1-9(13(17)7-10)5-6-20-15(21)12-4-3-11(18)8-14(12)19/h1-4,7-8H,5-6,19H2,(H,20,21). The van der Waals surface area contributed by atoms with Crippen LogP contribution in [-0.4, -0.2) is 12.5 Å². The van der Waals surface area contributed by atoms with Gasteiger partial charge in [-0.05, 0) is 42.3 Å². The van der Waals surface area contributed by atoms with E-state index in [1.807, 2.05) is 6.07 Å². The topological polar surface area (TPSA) is 55.1 Å². The molecule has 0 saturated heterocycles. The molecule has 0 bridgehead atoms. The zero-order valence-electron chi connectivity index (χ0n) is 11.0. The van der Waals surface area contributed by atoms with Gasteiger partial charge in [-0.3, -0.25) is 4.79 Å². The number of carbonyl (C=O) groups is 1. The van der Waals surface area contributed by atoms with Gasteiger partial charge in [0.2, 0.25) is 0 Å². The Bertz CT molecular complexity index is 677. The quantitative estimate of drug-likeness (QED) is 0.842. The first-order valence-electron chi connectivity index (χ1n) is 6.24. The summed E-state index contributed by atoms with van der Waals surface area (Å²) in [7, 11) is 0. The highest BCUT2D eigenvalue weighted by atomic mass is 35.5. The molecule has 0 spiro atoms. The van der Waals surface area contributed by atoms with Crippen LogP contribution in [0.2, 0.25) is 10.0 Å². The lowest BCUT2D eigenvalue weighted by Gasteiger charge is -2.08. The Morgan fingerprint density at radius 3 is 2.62 bits per heavy atom. The lowest BCUT2D eigenvalue weighted by atomic mass is 10.1. The summed E-state index contributed by atoms with van der Waals surface area (Å²) in [6.45, 7) is 0.386. The van der Waals surface area contributed by atoms with E-state index in [0.29, 0.717) is 23.0 Å². The smallest absolute Gasteiger partial charge is 0.253 e. The second-order valence-electron chi connectivity index (χ2n) is 4.47. The highest BCUT2D eigenvalue weighted by molar-refractivity contribution is 6.35. The van der Waals surface area contributed by atoms with Gasteiger partial charge < -0.3 is 11.1 Å². The van der Waals surface area contributed by atoms with Crippen LogP contribution < -0.4 is 11.1 Å². The highest BCUT2D eigenvalue weighted by Crippen LogP contribution is 2.21.